The maximum absolute atomic E-state index is 13.1. The first-order chi connectivity index (χ1) is 14.8. The highest BCUT2D eigenvalue weighted by molar-refractivity contribution is 7.91. The molecule has 12 nitrogen and oxygen atoms in total. The van der Waals surface area contributed by atoms with Gasteiger partial charge in [0.25, 0.3) is 0 Å². The SMILES string of the molecule is NS(=O)(=O)c1c(S(=O)CN[C@@H]2CCNC2)ccc(N2CCC(O)CC2)c1-c1nn[nH]n1. The van der Waals surface area contributed by atoms with E-state index in [4.69, 9.17) is 5.14 Å². The number of nitrogens with two attached hydrogens (primary N) is 1. The highest BCUT2D eigenvalue weighted by Gasteiger charge is 2.31. The molecule has 170 valence electrons. The van der Waals surface area contributed by atoms with Crippen LogP contribution in [0.25, 0.3) is 11.4 Å². The molecule has 1 unspecified atom stereocenters. The third-order valence-corrected chi connectivity index (χ3v) is 7.95. The van der Waals surface area contributed by atoms with Crippen LogP contribution in [-0.4, -0.2) is 82.6 Å². The number of primary sulfonamides is 1. The highest BCUT2D eigenvalue weighted by Crippen LogP contribution is 2.38. The molecule has 2 aliphatic rings. The monoisotopic (exact) mass is 470 g/mol. The molecular formula is C17H26N8O4S2. The Morgan fingerprint density at radius 1 is 1.29 bits per heavy atom. The van der Waals surface area contributed by atoms with E-state index in [1.165, 1.54) is 6.07 Å². The minimum Gasteiger partial charge on any atom is -0.393 e. The maximum atomic E-state index is 13.1. The van der Waals surface area contributed by atoms with E-state index < -0.39 is 26.9 Å². The second kappa shape index (κ2) is 9.26. The summed E-state index contributed by atoms with van der Waals surface area (Å²) < 4.78 is 38.5. The lowest BCUT2D eigenvalue weighted by Crippen LogP contribution is -2.36. The zero-order valence-electron chi connectivity index (χ0n) is 16.8. The molecule has 3 heterocycles. The second-order valence-electron chi connectivity index (χ2n) is 7.67. The van der Waals surface area contributed by atoms with Crippen LogP contribution >= 0.6 is 0 Å². The zero-order valence-corrected chi connectivity index (χ0v) is 18.5. The van der Waals surface area contributed by atoms with Crippen LogP contribution in [0.4, 0.5) is 5.69 Å². The molecule has 0 bridgehead atoms. The first kappa shape index (κ1) is 22.2. The summed E-state index contributed by atoms with van der Waals surface area (Å²) in [5, 5.41) is 35.7. The Labute approximate surface area is 182 Å². The van der Waals surface area contributed by atoms with Crippen molar-refractivity contribution in [3.8, 4) is 11.4 Å². The van der Waals surface area contributed by atoms with Crippen molar-refractivity contribution in [2.45, 2.75) is 41.2 Å². The van der Waals surface area contributed by atoms with E-state index in [2.05, 4.69) is 31.3 Å². The highest BCUT2D eigenvalue weighted by atomic mass is 32.2. The van der Waals surface area contributed by atoms with Crippen molar-refractivity contribution in [2.24, 2.45) is 5.14 Å². The molecule has 0 radical (unpaired) electrons. The average Bonchev–Trinajstić information content (AvgIpc) is 3.45. The number of aromatic nitrogens is 4. The van der Waals surface area contributed by atoms with Crippen molar-refractivity contribution in [1.82, 2.24) is 31.3 Å². The van der Waals surface area contributed by atoms with Gasteiger partial charge >= 0.3 is 0 Å². The Balaban J connectivity index is 1.77. The summed E-state index contributed by atoms with van der Waals surface area (Å²) in [5.74, 6) is 0.146. The van der Waals surface area contributed by atoms with E-state index in [0.29, 0.717) is 31.6 Å². The number of aliphatic hydroxyl groups excluding tert-OH is 1. The average molecular weight is 471 g/mol. The van der Waals surface area contributed by atoms with Crippen molar-refractivity contribution in [3.63, 3.8) is 0 Å². The maximum Gasteiger partial charge on any atom is 0.240 e. The predicted octanol–water partition coefficient (Wildman–Crippen LogP) is -1.51. The van der Waals surface area contributed by atoms with Crippen molar-refractivity contribution < 1.29 is 17.7 Å². The summed E-state index contributed by atoms with van der Waals surface area (Å²) in [6.45, 7) is 2.70. The number of aromatic amines is 1. The number of anilines is 1. The fourth-order valence-corrected chi connectivity index (χ4v) is 6.50. The van der Waals surface area contributed by atoms with Gasteiger partial charge in [0.15, 0.2) is 0 Å². The van der Waals surface area contributed by atoms with Gasteiger partial charge in [0.2, 0.25) is 15.8 Å². The van der Waals surface area contributed by atoms with Gasteiger partial charge in [-0.05, 0) is 43.2 Å². The van der Waals surface area contributed by atoms with Gasteiger partial charge in [-0.1, -0.05) is 0 Å². The van der Waals surface area contributed by atoms with E-state index in [1.54, 1.807) is 6.07 Å². The molecule has 31 heavy (non-hydrogen) atoms. The van der Waals surface area contributed by atoms with Gasteiger partial charge in [-0.2, -0.15) is 5.21 Å². The molecule has 1 aromatic heterocycles. The van der Waals surface area contributed by atoms with Gasteiger partial charge in [-0.25, -0.2) is 13.6 Å². The molecule has 2 atom stereocenters. The third-order valence-electron chi connectivity index (χ3n) is 5.57. The third kappa shape index (κ3) is 4.94. The number of tetrazole rings is 1. The summed E-state index contributed by atoms with van der Waals surface area (Å²) in [6, 6.07) is 3.43. The van der Waals surface area contributed by atoms with E-state index in [9.17, 15) is 17.7 Å². The quantitative estimate of drug-likeness (QED) is 0.319. The van der Waals surface area contributed by atoms with Gasteiger partial charge in [0, 0.05) is 31.4 Å². The minimum atomic E-state index is -4.28. The van der Waals surface area contributed by atoms with E-state index in [1.807, 2.05) is 4.90 Å². The fourth-order valence-electron chi connectivity index (χ4n) is 3.97. The molecule has 6 N–H and O–H groups in total. The number of nitrogens with one attached hydrogen (secondary N) is 3. The summed E-state index contributed by atoms with van der Waals surface area (Å²) >= 11 is 0. The molecule has 1 aromatic carbocycles. The Hall–Kier alpha value is -1.97. The molecule has 14 heteroatoms. The molecule has 0 saturated carbocycles. The van der Waals surface area contributed by atoms with Crippen molar-refractivity contribution >= 4 is 26.5 Å². The first-order valence-corrected chi connectivity index (χ1v) is 12.9. The summed E-state index contributed by atoms with van der Waals surface area (Å²) in [7, 11) is -5.95. The van der Waals surface area contributed by atoms with Crippen LogP contribution in [0.15, 0.2) is 21.9 Å². The van der Waals surface area contributed by atoms with Gasteiger partial charge < -0.3 is 20.6 Å². The van der Waals surface area contributed by atoms with Crippen LogP contribution < -0.4 is 20.7 Å². The van der Waals surface area contributed by atoms with Crippen LogP contribution in [0.1, 0.15) is 19.3 Å². The van der Waals surface area contributed by atoms with Crippen molar-refractivity contribution in [3.05, 3.63) is 12.1 Å². The number of hydrogen-bond acceptors (Lipinski definition) is 10. The summed E-state index contributed by atoms with van der Waals surface area (Å²) in [5.41, 5.74) is 0.715. The van der Waals surface area contributed by atoms with E-state index in [0.717, 1.165) is 19.5 Å². The Morgan fingerprint density at radius 3 is 2.68 bits per heavy atom. The van der Waals surface area contributed by atoms with Gasteiger partial charge in [0.1, 0.15) is 4.90 Å². The van der Waals surface area contributed by atoms with Gasteiger partial charge in [-0.15, -0.1) is 10.2 Å². The van der Waals surface area contributed by atoms with Crippen LogP contribution in [0.5, 0.6) is 0 Å². The number of H-pyrrole nitrogens is 1. The van der Waals surface area contributed by atoms with Gasteiger partial charge in [0.05, 0.1) is 33.2 Å². The molecule has 0 amide bonds. The number of benzene rings is 1. The lowest BCUT2D eigenvalue weighted by molar-refractivity contribution is 0.145. The van der Waals surface area contributed by atoms with Crippen LogP contribution in [0.2, 0.25) is 0 Å². The topological polar surface area (TPSA) is 179 Å². The largest absolute Gasteiger partial charge is 0.393 e. The molecule has 4 rings (SSSR count). The number of piperidine rings is 1. The number of rotatable bonds is 7. The number of sulfonamides is 1. The molecule has 2 saturated heterocycles. The number of hydrogen-bond donors (Lipinski definition) is 5. The van der Waals surface area contributed by atoms with Crippen LogP contribution in [0.3, 0.4) is 0 Å². The molecule has 0 spiro atoms. The Kier molecular flexibility index (Phi) is 6.64. The fraction of sp³-hybridized carbons (Fsp3) is 0.588. The summed E-state index contributed by atoms with van der Waals surface area (Å²) in [4.78, 5) is 1.78. The Bertz CT molecular complexity index is 1030. The predicted molar refractivity (Wildman–Crippen MR) is 114 cm³/mol. The zero-order chi connectivity index (χ0) is 22.0. The normalized spacial score (nSPS) is 21.5. The van der Waals surface area contributed by atoms with E-state index >= 15 is 0 Å². The smallest absolute Gasteiger partial charge is 0.240 e. The van der Waals surface area contributed by atoms with Crippen LogP contribution in [0, 0.1) is 0 Å². The number of aliphatic hydroxyl groups is 1. The van der Waals surface area contributed by atoms with E-state index in [-0.39, 0.29) is 33.1 Å². The Morgan fingerprint density at radius 2 is 2.06 bits per heavy atom. The molecule has 0 aliphatic carbocycles. The van der Waals surface area contributed by atoms with Crippen molar-refractivity contribution in [2.75, 3.05) is 37.0 Å². The standard InChI is InChI=1S/C17H26N8O4S2/c18-31(28,29)16-14(30(27)10-20-11-3-6-19-9-11)2-1-13(15(16)17-21-23-24-22-17)25-7-4-12(26)5-8-25/h1-2,11-12,19-20,26H,3-10H2,(H2,18,28,29)(H,21,22,23,24)/t11-,30?/m1/s1. The first-order valence-electron chi connectivity index (χ1n) is 10.0. The van der Waals surface area contributed by atoms with Gasteiger partial charge in [-0.3, -0.25) is 4.21 Å². The lowest BCUT2D eigenvalue weighted by Gasteiger charge is -2.33. The van der Waals surface area contributed by atoms with Crippen LogP contribution in [-0.2, 0) is 20.8 Å². The van der Waals surface area contributed by atoms with Crippen molar-refractivity contribution in [1.29, 1.82) is 0 Å². The molecule has 2 fully saturated rings. The molecule has 2 aliphatic heterocycles. The lowest BCUT2D eigenvalue weighted by atomic mass is 10.0. The molecule has 2 aromatic rings. The second-order valence-corrected chi connectivity index (χ2v) is 10.6. The summed E-state index contributed by atoms with van der Waals surface area (Å²) in [6.07, 6.45) is 1.60. The minimum absolute atomic E-state index is 0.0527. The molecular weight excluding hydrogens is 444 g/mol. The number of nitrogens with zero attached hydrogens (tertiary/aromatic N) is 4.